The molecule has 22 heavy (non-hydrogen) atoms. The summed E-state index contributed by atoms with van der Waals surface area (Å²) in [7, 11) is 0. The van der Waals surface area contributed by atoms with Gasteiger partial charge in [-0.25, -0.2) is 0 Å². The average Bonchev–Trinajstić information content (AvgIpc) is 2.46. The third-order valence-corrected chi connectivity index (χ3v) is 2.81. The molecule has 1 amide bonds. The van der Waals surface area contributed by atoms with Crippen molar-refractivity contribution in [2.45, 2.75) is 20.8 Å². The molecular weight excluding hydrogens is 280 g/mol. The molecule has 0 radical (unpaired) electrons. The number of hydrogen-bond donors (Lipinski definition) is 4. The molecule has 1 aromatic rings. The molecule has 0 aliphatic heterocycles. The number of rotatable bonds is 6. The van der Waals surface area contributed by atoms with Crippen LogP contribution < -0.4 is 16.5 Å². The minimum absolute atomic E-state index is 0.131. The van der Waals surface area contributed by atoms with Crippen LogP contribution in [0.4, 0.5) is 5.69 Å². The highest BCUT2D eigenvalue weighted by atomic mass is 16.1. The summed E-state index contributed by atoms with van der Waals surface area (Å²) in [6.07, 6.45) is 0. The van der Waals surface area contributed by atoms with Crippen LogP contribution in [0.2, 0.25) is 0 Å². The molecule has 0 unspecified atom stereocenters. The lowest BCUT2D eigenvalue weighted by molar-refractivity contribution is 0.0949. The van der Waals surface area contributed by atoms with Gasteiger partial charge in [0.2, 0.25) is 5.71 Å². The van der Waals surface area contributed by atoms with Gasteiger partial charge >= 0.3 is 0 Å². The van der Waals surface area contributed by atoms with Gasteiger partial charge in [-0.05, 0) is 36.6 Å². The van der Waals surface area contributed by atoms with Crippen molar-refractivity contribution in [1.82, 2.24) is 5.32 Å². The van der Waals surface area contributed by atoms with E-state index in [1.165, 1.54) is 0 Å². The van der Waals surface area contributed by atoms with Crippen molar-refractivity contribution in [1.29, 1.82) is 10.7 Å². The number of amidine groups is 1. The van der Waals surface area contributed by atoms with E-state index >= 15 is 0 Å². The monoisotopic (exact) mass is 300 g/mol. The number of carbonyl (C=O) groups excluding carboxylic acids is 1. The van der Waals surface area contributed by atoms with E-state index in [2.05, 4.69) is 15.8 Å². The van der Waals surface area contributed by atoms with Gasteiger partial charge in [-0.2, -0.15) is 10.4 Å². The first-order valence-electron chi connectivity index (χ1n) is 6.82. The predicted molar refractivity (Wildman–Crippen MR) is 86.9 cm³/mol. The number of nitrogens with zero attached hydrogens (tertiary/aromatic N) is 2. The summed E-state index contributed by atoms with van der Waals surface area (Å²) in [6.45, 7) is 6.49. The van der Waals surface area contributed by atoms with E-state index in [1.54, 1.807) is 24.3 Å². The normalized spacial score (nSPS) is 11.0. The van der Waals surface area contributed by atoms with Gasteiger partial charge < -0.3 is 11.1 Å². The first-order chi connectivity index (χ1) is 10.3. The van der Waals surface area contributed by atoms with Gasteiger partial charge in [-0.1, -0.05) is 13.8 Å². The Balaban J connectivity index is 2.84. The van der Waals surface area contributed by atoms with Crippen molar-refractivity contribution in [3.8, 4) is 6.07 Å². The zero-order valence-corrected chi connectivity index (χ0v) is 12.9. The number of nitrogens with two attached hydrogens (primary N) is 1. The van der Waals surface area contributed by atoms with Crippen LogP contribution in [0.1, 0.15) is 29.8 Å². The fraction of sp³-hybridized carbons (Fsp3) is 0.333. The molecule has 0 fully saturated rings. The molecule has 0 aromatic heterocycles. The molecule has 0 heterocycles. The number of anilines is 1. The lowest BCUT2D eigenvalue weighted by Gasteiger charge is -2.10. The van der Waals surface area contributed by atoms with E-state index in [9.17, 15) is 4.79 Å². The lowest BCUT2D eigenvalue weighted by Crippen LogP contribution is -2.27. The number of nitrogens with one attached hydrogen (secondary N) is 3. The number of amides is 1. The van der Waals surface area contributed by atoms with Crippen molar-refractivity contribution in [3.05, 3.63) is 29.3 Å². The molecule has 0 bridgehead atoms. The van der Waals surface area contributed by atoms with Gasteiger partial charge in [0.05, 0.1) is 5.69 Å². The standard InChI is InChI=1S/C15H20N6O/c1-9(2)8-19-15(22)11-4-5-12(10(3)6-11)20-21-13(7-16)14(17)18/h4-6,9,20H,8H2,1-3H3,(H3,17,18)(H,19,22)/b21-13+. The number of aryl methyl sites for hydroxylation is 1. The molecule has 0 aliphatic rings. The Morgan fingerprint density at radius 1 is 1.50 bits per heavy atom. The molecule has 0 aliphatic carbocycles. The third kappa shape index (κ3) is 4.90. The minimum atomic E-state index is -0.405. The highest BCUT2D eigenvalue weighted by Gasteiger charge is 2.08. The number of carbonyl (C=O) groups is 1. The largest absolute Gasteiger partial charge is 0.382 e. The zero-order valence-electron chi connectivity index (χ0n) is 12.9. The molecule has 1 rings (SSSR count). The van der Waals surface area contributed by atoms with Crippen LogP contribution in [0.25, 0.3) is 0 Å². The Kier molecular flexibility index (Phi) is 6.08. The number of benzene rings is 1. The fourth-order valence-corrected chi connectivity index (χ4v) is 1.59. The molecule has 0 atom stereocenters. The van der Waals surface area contributed by atoms with E-state index < -0.39 is 5.84 Å². The molecule has 1 aromatic carbocycles. The van der Waals surface area contributed by atoms with E-state index in [0.717, 1.165) is 5.56 Å². The van der Waals surface area contributed by atoms with Gasteiger partial charge in [0.25, 0.3) is 5.91 Å². The Morgan fingerprint density at radius 2 is 2.18 bits per heavy atom. The second-order valence-corrected chi connectivity index (χ2v) is 5.23. The SMILES string of the molecule is Cc1cc(C(=O)NCC(C)C)ccc1N/N=C(\C#N)C(=N)N. The quantitative estimate of drug-likeness (QED) is 0.361. The molecule has 116 valence electrons. The van der Waals surface area contributed by atoms with E-state index in [4.69, 9.17) is 16.4 Å². The van der Waals surface area contributed by atoms with Gasteiger partial charge in [0.15, 0.2) is 5.84 Å². The van der Waals surface area contributed by atoms with Crippen LogP contribution >= 0.6 is 0 Å². The average molecular weight is 300 g/mol. The second kappa shape index (κ2) is 7.78. The van der Waals surface area contributed by atoms with Crippen molar-refractivity contribution < 1.29 is 4.79 Å². The third-order valence-electron chi connectivity index (χ3n) is 2.81. The summed E-state index contributed by atoms with van der Waals surface area (Å²) in [4.78, 5) is 12.0. The topological polar surface area (TPSA) is 127 Å². The maximum Gasteiger partial charge on any atom is 0.251 e. The maximum absolute atomic E-state index is 12.0. The Labute approximate surface area is 129 Å². The summed E-state index contributed by atoms with van der Waals surface area (Å²) in [5.41, 5.74) is 9.67. The summed E-state index contributed by atoms with van der Waals surface area (Å²) in [5, 5.41) is 22.6. The maximum atomic E-state index is 12.0. The molecule has 0 saturated heterocycles. The van der Waals surface area contributed by atoms with Crippen LogP contribution in [0.15, 0.2) is 23.3 Å². The molecule has 0 saturated carbocycles. The minimum Gasteiger partial charge on any atom is -0.382 e. The Hall–Kier alpha value is -2.88. The smallest absolute Gasteiger partial charge is 0.251 e. The van der Waals surface area contributed by atoms with Gasteiger partial charge in [-0.3, -0.25) is 15.6 Å². The van der Waals surface area contributed by atoms with Crippen molar-refractivity contribution in [3.63, 3.8) is 0 Å². The van der Waals surface area contributed by atoms with Gasteiger partial charge in [0, 0.05) is 12.1 Å². The summed E-state index contributed by atoms with van der Waals surface area (Å²) < 4.78 is 0. The van der Waals surface area contributed by atoms with Crippen molar-refractivity contribution >= 4 is 23.1 Å². The molecule has 7 heteroatoms. The van der Waals surface area contributed by atoms with Crippen molar-refractivity contribution in [2.75, 3.05) is 12.0 Å². The molecular formula is C15H20N6O. The first-order valence-corrected chi connectivity index (χ1v) is 6.82. The zero-order chi connectivity index (χ0) is 16.7. The number of hydrazone groups is 1. The predicted octanol–water partition coefficient (Wildman–Crippen LogP) is 1.61. The lowest BCUT2D eigenvalue weighted by atomic mass is 10.1. The summed E-state index contributed by atoms with van der Waals surface area (Å²) in [5.74, 6) is -0.151. The Morgan fingerprint density at radius 3 is 2.68 bits per heavy atom. The van der Waals surface area contributed by atoms with Gasteiger partial charge in [-0.15, -0.1) is 0 Å². The molecule has 0 spiro atoms. The van der Waals surface area contributed by atoms with Crippen LogP contribution in [0, 0.1) is 29.6 Å². The highest BCUT2D eigenvalue weighted by Crippen LogP contribution is 2.16. The van der Waals surface area contributed by atoms with Gasteiger partial charge in [0.1, 0.15) is 6.07 Å². The van der Waals surface area contributed by atoms with Crippen LogP contribution in [0.5, 0.6) is 0 Å². The van der Waals surface area contributed by atoms with Crippen molar-refractivity contribution in [2.24, 2.45) is 16.8 Å². The fourth-order valence-electron chi connectivity index (χ4n) is 1.59. The summed E-state index contributed by atoms with van der Waals surface area (Å²) >= 11 is 0. The number of hydrogen-bond acceptors (Lipinski definition) is 5. The van der Waals surface area contributed by atoms with Crippen LogP contribution in [0.3, 0.4) is 0 Å². The summed E-state index contributed by atoms with van der Waals surface area (Å²) in [6, 6.07) is 6.81. The van der Waals surface area contributed by atoms with Crippen LogP contribution in [-0.2, 0) is 0 Å². The van der Waals surface area contributed by atoms with E-state index in [0.29, 0.717) is 23.7 Å². The Bertz CT molecular complexity index is 642. The second-order valence-electron chi connectivity index (χ2n) is 5.23. The first kappa shape index (κ1) is 17.2. The van der Waals surface area contributed by atoms with E-state index in [-0.39, 0.29) is 11.6 Å². The molecule has 7 nitrogen and oxygen atoms in total. The van der Waals surface area contributed by atoms with Crippen LogP contribution in [-0.4, -0.2) is 24.0 Å². The number of nitriles is 1. The highest BCUT2D eigenvalue weighted by molar-refractivity contribution is 6.45. The molecule has 5 N–H and O–H groups in total. The van der Waals surface area contributed by atoms with E-state index in [1.807, 2.05) is 20.8 Å².